The lowest BCUT2D eigenvalue weighted by molar-refractivity contribution is -0.122. The van der Waals surface area contributed by atoms with Crippen molar-refractivity contribution in [1.29, 1.82) is 0 Å². The quantitative estimate of drug-likeness (QED) is 0.669. The average Bonchev–Trinajstić information content (AvgIpc) is 2.91. The number of imide groups is 2. The number of nitrogens with zero attached hydrogens (tertiary/aromatic N) is 1. The lowest BCUT2D eigenvalue weighted by Gasteiger charge is -2.27. The predicted octanol–water partition coefficient (Wildman–Crippen LogP) is 3.38. The maximum absolute atomic E-state index is 12.7. The standard InChI is InChI=1S/C16H11ClN2O3S/c1-9-4-2-3-5-12(9)19-15(21)11(14(20)18-16(19)22)8-10-6-7-13(17)23-10/h2-8H,1H3,(H,18,20,22)/b11-8+. The Morgan fingerprint density at radius 1 is 1.13 bits per heavy atom. The van der Waals surface area contributed by atoms with Gasteiger partial charge in [0.05, 0.1) is 10.0 Å². The number of thiophene rings is 1. The molecule has 1 aromatic carbocycles. The molecule has 5 nitrogen and oxygen atoms in total. The number of nitrogens with one attached hydrogen (secondary N) is 1. The monoisotopic (exact) mass is 346 g/mol. The van der Waals surface area contributed by atoms with Gasteiger partial charge in [-0.05, 0) is 36.8 Å². The Kier molecular flexibility index (Phi) is 4.02. The summed E-state index contributed by atoms with van der Waals surface area (Å²) in [6.07, 6.45) is 1.44. The highest BCUT2D eigenvalue weighted by Gasteiger charge is 2.37. The second-order valence-electron chi connectivity index (χ2n) is 4.89. The molecule has 116 valence electrons. The van der Waals surface area contributed by atoms with E-state index in [4.69, 9.17) is 11.6 Å². The third-order valence-corrected chi connectivity index (χ3v) is 4.52. The van der Waals surface area contributed by atoms with Crippen molar-refractivity contribution in [3.8, 4) is 0 Å². The largest absolute Gasteiger partial charge is 0.335 e. The lowest BCUT2D eigenvalue weighted by atomic mass is 10.1. The van der Waals surface area contributed by atoms with Crippen molar-refractivity contribution in [3.63, 3.8) is 0 Å². The first-order chi connectivity index (χ1) is 11.0. The molecule has 1 saturated heterocycles. The molecule has 23 heavy (non-hydrogen) atoms. The van der Waals surface area contributed by atoms with Crippen molar-refractivity contribution < 1.29 is 14.4 Å². The number of hydrogen-bond donors (Lipinski definition) is 1. The Labute approximate surface area is 141 Å². The molecule has 0 atom stereocenters. The summed E-state index contributed by atoms with van der Waals surface area (Å²) < 4.78 is 0.548. The summed E-state index contributed by atoms with van der Waals surface area (Å²) in [5, 5.41) is 2.19. The molecule has 1 N–H and O–H groups in total. The molecule has 4 amide bonds. The maximum atomic E-state index is 12.7. The highest BCUT2D eigenvalue weighted by molar-refractivity contribution is 7.17. The number of barbiturate groups is 1. The van der Waals surface area contributed by atoms with Crippen LogP contribution in [0.15, 0.2) is 42.0 Å². The fourth-order valence-electron chi connectivity index (χ4n) is 2.24. The number of halogens is 1. The number of rotatable bonds is 2. The number of para-hydroxylation sites is 1. The van der Waals surface area contributed by atoms with Crippen LogP contribution in [-0.4, -0.2) is 17.8 Å². The number of hydrogen-bond acceptors (Lipinski definition) is 4. The zero-order valence-corrected chi connectivity index (χ0v) is 13.6. The molecule has 1 fully saturated rings. The number of carbonyl (C=O) groups is 3. The molecule has 2 aromatic rings. The molecule has 1 aliphatic rings. The first-order valence-corrected chi connectivity index (χ1v) is 7.89. The van der Waals surface area contributed by atoms with E-state index in [1.54, 1.807) is 43.3 Å². The molecule has 0 radical (unpaired) electrons. The molecule has 1 aliphatic heterocycles. The molecule has 3 rings (SSSR count). The van der Waals surface area contributed by atoms with Crippen molar-refractivity contribution in [2.24, 2.45) is 0 Å². The van der Waals surface area contributed by atoms with Crippen LogP contribution in [-0.2, 0) is 9.59 Å². The second-order valence-corrected chi connectivity index (χ2v) is 6.63. The van der Waals surface area contributed by atoms with E-state index in [0.29, 0.717) is 14.9 Å². The summed E-state index contributed by atoms with van der Waals surface area (Å²) in [5.41, 5.74) is 1.09. The number of urea groups is 1. The number of benzene rings is 1. The minimum Gasteiger partial charge on any atom is -0.273 e. The van der Waals surface area contributed by atoms with E-state index in [1.165, 1.54) is 17.4 Å². The summed E-state index contributed by atoms with van der Waals surface area (Å²) in [7, 11) is 0. The number of anilines is 1. The third kappa shape index (κ3) is 2.91. The fraction of sp³-hybridized carbons (Fsp3) is 0.0625. The summed E-state index contributed by atoms with van der Waals surface area (Å²) in [4.78, 5) is 38.4. The Morgan fingerprint density at radius 3 is 2.52 bits per heavy atom. The van der Waals surface area contributed by atoms with E-state index >= 15 is 0 Å². The van der Waals surface area contributed by atoms with Crippen molar-refractivity contribution in [1.82, 2.24) is 5.32 Å². The molecule has 0 saturated carbocycles. The fourth-order valence-corrected chi connectivity index (χ4v) is 3.24. The van der Waals surface area contributed by atoms with Crippen molar-refractivity contribution in [2.45, 2.75) is 6.92 Å². The second kappa shape index (κ2) is 5.98. The number of carbonyl (C=O) groups excluding carboxylic acids is 3. The first-order valence-electron chi connectivity index (χ1n) is 6.70. The maximum Gasteiger partial charge on any atom is 0.335 e. The van der Waals surface area contributed by atoms with Crippen LogP contribution in [0.25, 0.3) is 6.08 Å². The van der Waals surface area contributed by atoms with E-state index in [0.717, 1.165) is 10.5 Å². The van der Waals surface area contributed by atoms with Crippen LogP contribution < -0.4 is 10.2 Å². The van der Waals surface area contributed by atoms with Crippen LogP contribution >= 0.6 is 22.9 Å². The summed E-state index contributed by atoms with van der Waals surface area (Å²) in [6, 6.07) is 9.60. The van der Waals surface area contributed by atoms with Crippen LogP contribution in [0.1, 0.15) is 10.4 Å². The normalized spacial score (nSPS) is 16.9. The number of amides is 4. The lowest BCUT2D eigenvalue weighted by Crippen LogP contribution is -2.54. The van der Waals surface area contributed by atoms with E-state index in [9.17, 15) is 14.4 Å². The third-order valence-electron chi connectivity index (χ3n) is 3.34. The van der Waals surface area contributed by atoms with Gasteiger partial charge in [-0.2, -0.15) is 0 Å². The van der Waals surface area contributed by atoms with Gasteiger partial charge in [-0.25, -0.2) is 9.69 Å². The topological polar surface area (TPSA) is 66.5 Å². The Balaban J connectivity index is 2.04. The van der Waals surface area contributed by atoms with E-state index < -0.39 is 17.8 Å². The van der Waals surface area contributed by atoms with E-state index in [1.807, 2.05) is 0 Å². The van der Waals surface area contributed by atoms with Crippen LogP contribution in [0.3, 0.4) is 0 Å². The molecular formula is C16H11ClN2O3S. The van der Waals surface area contributed by atoms with Gasteiger partial charge in [0.15, 0.2) is 0 Å². The molecule has 7 heteroatoms. The van der Waals surface area contributed by atoms with Crippen molar-refractivity contribution in [3.05, 3.63) is 56.7 Å². The minimum atomic E-state index is -0.754. The van der Waals surface area contributed by atoms with Gasteiger partial charge in [0, 0.05) is 4.88 Å². The van der Waals surface area contributed by atoms with Crippen LogP contribution in [0.2, 0.25) is 4.34 Å². The Hall–Kier alpha value is -2.44. The van der Waals surface area contributed by atoms with Gasteiger partial charge in [-0.1, -0.05) is 29.8 Å². The van der Waals surface area contributed by atoms with Gasteiger partial charge in [0.25, 0.3) is 11.8 Å². The first kappa shape index (κ1) is 15.5. The average molecular weight is 347 g/mol. The minimum absolute atomic E-state index is 0.105. The van der Waals surface area contributed by atoms with E-state index in [2.05, 4.69) is 5.32 Å². The smallest absolute Gasteiger partial charge is 0.273 e. The van der Waals surface area contributed by atoms with Gasteiger partial charge < -0.3 is 0 Å². The SMILES string of the molecule is Cc1ccccc1N1C(=O)NC(=O)/C(=C\c2ccc(Cl)s2)C1=O. The van der Waals surface area contributed by atoms with E-state index in [-0.39, 0.29) is 5.57 Å². The highest BCUT2D eigenvalue weighted by Crippen LogP contribution is 2.27. The van der Waals surface area contributed by atoms with Gasteiger partial charge >= 0.3 is 6.03 Å². The molecule has 0 aliphatic carbocycles. The Morgan fingerprint density at radius 2 is 1.87 bits per heavy atom. The van der Waals surface area contributed by atoms with Gasteiger partial charge in [-0.15, -0.1) is 11.3 Å². The Bertz CT molecular complexity index is 857. The van der Waals surface area contributed by atoms with Crippen LogP contribution in [0.4, 0.5) is 10.5 Å². The summed E-state index contributed by atoms with van der Waals surface area (Å²) in [5.74, 6) is -1.37. The molecule has 1 aromatic heterocycles. The van der Waals surface area contributed by atoms with Gasteiger partial charge in [-0.3, -0.25) is 14.9 Å². The van der Waals surface area contributed by atoms with Gasteiger partial charge in [0.1, 0.15) is 5.57 Å². The summed E-state index contributed by atoms with van der Waals surface area (Å²) >= 11 is 7.10. The zero-order valence-electron chi connectivity index (χ0n) is 12.0. The van der Waals surface area contributed by atoms with Crippen LogP contribution in [0, 0.1) is 6.92 Å². The molecular weight excluding hydrogens is 336 g/mol. The highest BCUT2D eigenvalue weighted by atomic mass is 35.5. The van der Waals surface area contributed by atoms with Crippen molar-refractivity contribution in [2.75, 3.05) is 4.90 Å². The van der Waals surface area contributed by atoms with Gasteiger partial charge in [0.2, 0.25) is 0 Å². The molecule has 0 unspecified atom stereocenters. The molecule has 0 spiro atoms. The number of aryl methyl sites for hydroxylation is 1. The van der Waals surface area contributed by atoms with Crippen LogP contribution in [0.5, 0.6) is 0 Å². The molecule has 2 heterocycles. The molecule has 0 bridgehead atoms. The zero-order chi connectivity index (χ0) is 16.6. The predicted molar refractivity (Wildman–Crippen MR) is 89.5 cm³/mol. The summed E-state index contributed by atoms with van der Waals surface area (Å²) in [6.45, 7) is 1.79. The van der Waals surface area contributed by atoms with Crippen molar-refractivity contribution >= 4 is 52.5 Å².